The summed E-state index contributed by atoms with van der Waals surface area (Å²) in [7, 11) is 0. The highest BCUT2D eigenvalue weighted by Crippen LogP contribution is 2.45. The molecular weight excluding hydrogens is 536 g/mol. The van der Waals surface area contributed by atoms with Gasteiger partial charge in [0.15, 0.2) is 17.3 Å². The van der Waals surface area contributed by atoms with Gasteiger partial charge < -0.3 is 64.6 Å². The lowest BCUT2D eigenvalue weighted by Gasteiger charge is -2.45. The summed E-state index contributed by atoms with van der Waals surface area (Å²) in [5.41, 5.74) is -1.07. The van der Waals surface area contributed by atoms with E-state index < -0.39 is 85.3 Å². The molecule has 0 spiro atoms. The molecule has 40 heavy (non-hydrogen) atoms. The average molecular weight is 564 g/mol. The Bertz CT molecular complexity index is 1420. The minimum absolute atomic E-state index is 0.0283. The van der Waals surface area contributed by atoms with Crippen molar-refractivity contribution in [3.05, 3.63) is 52.2 Å². The molecule has 1 aromatic heterocycles. The second-order valence-electron chi connectivity index (χ2n) is 9.66. The van der Waals surface area contributed by atoms with Crippen LogP contribution in [-0.4, -0.2) is 108 Å². The molecule has 2 aliphatic rings. The van der Waals surface area contributed by atoms with E-state index in [1.807, 2.05) is 0 Å². The normalized spacial score (nSPS) is 32.8. The molecule has 0 bridgehead atoms. The molecule has 216 valence electrons. The molecule has 2 aliphatic heterocycles. The van der Waals surface area contributed by atoms with Crippen LogP contribution >= 0.6 is 0 Å². The van der Waals surface area contributed by atoms with Gasteiger partial charge in [-0.15, -0.1) is 0 Å². The van der Waals surface area contributed by atoms with Gasteiger partial charge in [-0.1, -0.05) is 0 Å². The molecule has 3 aromatic rings. The van der Waals surface area contributed by atoms with Gasteiger partial charge in [-0.25, -0.2) is 0 Å². The maximum atomic E-state index is 13.1. The molecule has 0 radical (unpaired) electrons. The topological polar surface area (TPSA) is 240 Å². The lowest BCUT2D eigenvalue weighted by molar-refractivity contribution is -0.325. The van der Waals surface area contributed by atoms with E-state index in [-0.39, 0.29) is 28.0 Å². The number of hydrogen-bond acceptors (Lipinski definition) is 14. The molecule has 3 heterocycles. The second kappa shape index (κ2) is 10.9. The molecule has 0 aliphatic carbocycles. The number of aliphatic hydroxyl groups is 6. The largest absolute Gasteiger partial charge is 0.508 e. The maximum Gasteiger partial charge on any atom is 0.197 e. The van der Waals surface area contributed by atoms with Crippen molar-refractivity contribution in [2.45, 2.75) is 55.1 Å². The van der Waals surface area contributed by atoms with Crippen molar-refractivity contribution in [2.24, 2.45) is 0 Å². The number of aromatic hydroxyl groups is 3. The molecule has 2 fully saturated rings. The van der Waals surface area contributed by atoms with E-state index in [4.69, 9.17) is 18.6 Å². The summed E-state index contributed by atoms with van der Waals surface area (Å²) < 4.78 is 22.7. The molecule has 9 N–H and O–H groups in total. The quantitative estimate of drug-likeness (QED) is 0.172. The van der Waals surface area contributed by atoms with Gasteiger partial charge in [-0.3, -0.25) is 4.79 Å². The average Bonchev–Trinajstić information content (AvgIpc) is 2.92. The smallest absolute Gasteiger partial charge is 0.197 e. The van der Waals surface area contributed by atoms with Gasteiger partial charge in [0, 0.05) is 17.7 Å². The molecule has 9 unspecified atom stereocenters. The van der Waals surface area contributed by atoms with Crippen LogP contribution in [0.5, 0.6) is 17.2 Å². The maximum absolute atomic E-state index is 13.1. The number of phenolic OH excluding ortho intramolecular Hbond substituents is 3. The van der Waals surface area contributed by atoms with Crippen LogP contribution in [0.3, 0.4) is 0 Å². The molecular formula is C26H28O14. The Hall–Kier alpha value is -3.31. The standard InChI is InChI=1S/C26H28O14/c27-7-16-20(34)21(35)25(40-26-22(36)19(33)14(32)8-37-26)24(39-16)18-12(30)5-11(29)17-13(31)6-15(38-23(17)18)9-1-3-10(28)4-2-9/h1-6,14,16,19-22,24-30,32-36H,7-8H2. The van der Waals surface area contributed by atoms with Crippen molar-refractivity contribution >= 4 is 11.0 Å². The highest BCUT2D eigenvalue weighted by atomic mass is 16.7. The van der Waals surface area contributed by atoms with Gasteiger partial charge in [0.2, 0.25) is 0 Å². The fraction of sp³-hybridized carbons (Fsp3) is 0.423. The third-order valence-electron chi connectivity index (χ3n) is 7.05. The van der Waals surface area contributed by atoms with E-state index in [9.17, 15) is 50.8 Å². The van der Waals surface area contributed by atoms with Crippen LogP contribution in [0.15, 0.2) is 45.6 Å². The van der Waals surface area contributed by atoms with Crippen LogP contribution in [0.1, 0.15) is 11.7 Å². The van der Waals surface area contributed by atoms with Crippen molar-refractivity contribution in [2.75, 3.05) is 13.2 Å². The third-order valence-corrected chi connectivity index (χ3v) is 7.05. The first-order chi connectivity index (χ1) is 19.0. The first-order valence-electron chi connectivity index (χ1n) is 12.3. The molecule has 5 rings (SSSR count). The highest BCUT2D eigenvalue weighted by molar-refractivity contribution is 5.89. The zero-order valence-corrected chi connectivity index (χ0v) is 20.6. The summed E-state index contributed by atoms with van der Waals surface area (Å²) in [4.78, 5) is 13.1. The fourth-order valence-corrected chi connectivity index (χ4v) is 4.89. The molecule has 0 saturated carbocycles. The van der Waals surface area contributed by atoms with Crippen molar-refractivity contribution in [1.29, 1.82) is 0 Å². The van der Waals surface area contributed by atoms with Gasteiger partial charge in [0.05, 0.1) is 18.8 Å². The lowest BCUT2D eigenvalue weighted by atomic mass is 9.89. The summed E-state index contributed by atoms with van der Waals surface area (Å²) in [6, 6.07) is 7.52. The third kappa shape index (κ3) is 4.89. The van der Waals surface area contributed by atoms with E-state index >= 15 is 0 Å². The van der Waals surface area contributed by atoms with E-state index in [0.717, 1.165) is 12.1 Å². The predicted octanol–water partition coefficient (Wildman–Crippen LogP) is -1.45. The summed E-state index contributed by atoms with van der Waals surface area (Å²) in [6.45, 7) is -1.23. The van der Waals surface area contributed by atoms with Gasteiger partial charge in [-0.2, -0.15) is 0 Å². The molecule has 2 aromatic carbocycles. The number of benzene rings is 2. The monoisotopic (exact) mass is 564 g/mol. The summed E-state index contributed by atoms with van der Waals surface area (Å²) in [5, 5.41) is 92.2. The molecule has 14 nitrogen and oxygen atoms in total. The van der Waals surface area contributed by atoms with Gasteiger partial charge in [0.25, 0.3) is 0 Å². The van der Waals surface area contributed by atoms with Crippen molar-refractivity contribution in [3.63, 3.8) is 0 Å². The molecule has 14 heteroatoms. The Balaban J connectivity index is 1.66. The van der Waals surface area contributed by atoms with Crippen molar-refractivity contribution < 1.29 is 64.6 Å². The van der Waals surface area contributed by atoms with Gasteiger partial charge >= 0.3 is 0 Å². The first-order valence-corrected chi connectivity index (χ1v) is 12.3. The Labute approximate surface area is 225 Å². The van der Waals surface area contributed by atoms with Gasteiger partial charge in [0.1, 0.15) is 77.2 Å². The van der Waals surface area contributed by atoms with Crippen molar-refractivity contribution in [3.8, 4) is 28.6 Å². The van der Waals surface area contributed by atoms with Crippen LogP contribution in [0.2, 0.25) is 0 Å². The fourth-order valence-electron chi connectivity index (χ4n) is 4.89. The number of fused-ring (bicyclic) bond motifs is 1. The SMILES string of the molecule is O=c1cc(-c2ccc(O)cc2)oc2c(C3OC(CO)C(O)C(O)C3OC3OCC(O)C(O)C3O)c(O)cc(O)c12. The number of rotatable bonds is 5. The van der Waals surface area contributed by atoms with Crippen LogP contribution in [0.4, 0.5) is 0 Å². The zero-order valence-electron chi connectivity index (χ0n) is 20.6. The Kier molecular flexibility index (Phi) is 7.71. The number of phenols is 3. The predicted molar refractivity (Wildman–Crippen MR) is 132 cm³/mol. The lowest BCUT2D eigenvalue weighted by Crippen LogP contribution is -2.60. The Morgan fingerprint density at radius 1 is 0.875 bits per heavy atom. The Morgan fingerprint density at radius 3 is 2.25 bits per heavy atom. The highest BCUT2D eigenvalue weighted by Gasteiger charge is 2.50. The zero-order chi connectivity index (χ0) is 28.9. The van der Waals surface area contributed by atoms with Crippen LogP contribution in [-0.2, 0) is 14.2 Å². The minimum Gasteiger partial charge on any atom is -0.508 e. The van der Waals surface area contributed by atoms with Gasteiger partial charge in [-0.05, 0) is 24.3 Å². The van der Waals surface area contributed by atoms with Crippen LogP contribution in [0, 0.1) is 0 Å². The number of ether oxygens (including phenoxy) is 3. The first kappa shape index (κ1) is 28.2. The van der Waals surface area contributed by atoms with Crippen LogP contribution < -0.4 is 5.43 Å². The van der Waals surface area contributed by atoms with E-state index in [1.165, 1.54) is 24.3 Å². The minimum atomic E-state index is -1.84. The van der Waals surface area contributed by atoms with Crippen LogP contribution in [0.25, 0.3) is 22.3 Å². The summed E-state index contributed by atoms with van der Waals surface area (Å²) >= 11 is 0. The molecule has 9 atom stereocenters. The summed E-state index contributed by atoms with van der Waals surface area (Å²) in [6.07, 6.45) is -14.8. The number of hydrogen-bond donors (Lipinski definition) is 9. The van der Waals surface area contributed by atoms with E-state index in [0.29, 0.717) is 5.56 Å². The molecule has 2 saturated heterocycles. The van der Waals surface area contributed by atoms with E-state index in [1.54, 1.807) is 0 Å². The van der Waals surface area contributed by atoms with E-state index in [2.05, 4.69) is 0 Å². The summed E-state index contributed by atoms with van der Waals surface area (Å²) in [5.74, 6) is -1.39. The van der Waals surface area contributed by atoms with Crippen molar-refractivity contribution in [1.82, 2.24) is 0 Å². The second-order valence-corrected chi connectivity index (χ2v) is 9.66. The number of aliphatic hydroxyl groups excluding tert-OH is 6. The molecule has 0 amide bonds. The Morgan fingerprint density at radius 2 is 1.57 bits per heavy atom.